The number of nitrogens with zero attached hydrogens (tertiary/aromatic N) is 1. The van der Waals surface area contributed by atoms with Crippen molar-refractivity contribution >= 4 is 45.5 Å². The summed E-state index contributed by atoms with van der Waals surface area (Å²) in [5, 5.41) is 2.90. The number of hydrogen-bond acceptors (Lipinski definition) is 4. The van der Waals surface area contributed by atoms with E-state index in [0.29, 0.717) is 0 Å². The highest BCUT2D eigenvalue weighted by Gasteiger charge is 2.46. The van der Waals surface area contributed by atoms with E-state index in [2.05, 4.69) is 10.3 Å². The number of sulfone groups is 1. The van der Waals surface area contributed by atoms with Gasteiger partial charge in [-0.2, -0.15) is 13.2 Å². The van der Waals surface area contributed by atoms with Crippen LogP contribution in [0.15, 0.2) is 58.4 Å². The van der Waals surface area contributed by atoms with Crippen LogP contribution < -0.4 is 15.8 Å². The van der Waals surface area contributed by atoms with Crippen molar-refractivity contribution in [1.82, 2.24) is 0 Å². The molecule has 0 radical (unpaired) electrons. The smallest absolute Gasteiger partial charge is 0.492 e. The minimum Gasteiger partial charge on any atom is -0.492 e. The van der Waals surface area contributed by atoms with Gasteiger partial charge in [0.05, 0.1) is 11.4 Å². The van der Waals surface area contributed by atoms with Gasteiger partial charge in [-0.15, -0.1) is 24.0 Å². The van der Waals surface area contributed by atoms with E-state index < -0.39 is 20.2 Å². The van der Waals surface area contributed by atoms with E-state index in [1.165, 1.54) is 0 Å². The molecule has 154 valence electrons. The van der Waals surface area contributed by atoms with E-state index in [0.717, 1.165) is 35.5 Å². The number of aryl methyl sites for hydroxylation is 1. The first-order valence-electron chi connectivity index (χ1n) is 7.77. The van der Waals surface area contributed by atoms with E-state index >= 15 is 0 Å². The fourth-order valence-corrected chi connectivity index (χ4v) is 2.76. The summed E-state index contributed by atoms with van der Waals surface area (Å²) in [6.45, 7) is 2.28. The molecule has 0 atom stereocenters. The summed E-state index contributed by atoms with van der Waals surface area (Å²) in [6.07, 6.45) is 0. The number of rotatable bonds is 6. The fraction of sp³-hybridized carbons (Fsp3) is 0.235. The van der Waals surface area contributed by atoms with Crippen LogP contribution >= 0.6 is 24.0 Å². The number of hydrogen-bond donors (Lipinski definition) is 2. The summed E-state index contributed by atoms with van der Waals surface area (Å²) in [5.74, 6) is 0.408. The first-order valence-corrected chi connectivity index (χ1v) is 9.26. The van der Waals surface area contributed by atoms with Crippen molar-refractivity contribution in [3.8, 4) is 5.75 Å². The number of aliphatic imine (C=N–C) groups is 1. The second kappa shape index (κ2) is 9.96. The van der Waals surface area contributed by atoms with Gasteiger partial charge in [0.1, 0.15) is 12.4 Å². The molecule has 3 N–H and O–H groups in total. The largest absolute Gasteiger partial charge is 0.501 e. The molecule has 0 fully saturated rings. The lowest BCUT2D eigenvalue weighted by Crippen LogP contribution is -2.23. The Balaban J connectivity index is 0.00000392. The van der Waals surface area contributed by atoms with Crippen LogP contribution in [0, 0.1) is 6.92 Å². The van der Waals surface area contributed by atoms with Gasteiger partial charge in [0.25, 0.3) is 9.84 Å². The average molecular weight is 529 g/mol. The average Bonchev–Trinajstić information content (AvgIpc) is 2.60. The zero-order valence-electron chi connectivity index (χ0n) is 14.7. The van der Waals surface area contributed by atoms with Crippen molar-refractivity contribution < 1.29 is 26.3 Å². The number of nitrogens with one attached hydrogen (secondary N) is 1. The number of guanidine groups is 1. The Kier molecular flexibility index (Phi) is 8.54. The molecule has 0 saturated heterocycles. The van der Waals surface area contributed by atoms with Crippen molar-refractivity contribution in [2.45, 2.75) is 17.3 Å². The maximum Gasteiger partial charge on any atom is 0.501 e. The van der Waals surface area contributed by atoms with E-state index in [1.807, 2.05) is 31.2 Å². The van der Waals surface area contributed by atoms with Crippen LogP contribution in [0.2, 0.25) is 0 Å². The quantitative estimate of drug-likeness (QED) is 0.258. The SMILES string of the molecule is Cc1ccc(NC(N)=NCCOc2ccc(S(=O)(=O)C(F)(F)F)cc2)cc1.I. The Morgan fingerprint density at radius 2 is 1.68 bits per heavy atom. The van der Waals surface area contributed by atoms with Gasteiger partial charge in [-0.05, 0) is 43.3 Å². The molecule has 0 bridgehead atoms. The normalized spacial score (nSPS) is 12.2. The molecule has 6 nitrogen and oxygen atoms in total. The second-order valence-electron chi connectivity index (χ2n) is 5.53. The molecular weight excluding hydrogens is 510 g/mol. The number of ether oxygens (including phenoxy) is 1. The fourth-order valence-electron chi connectivity index (χ4n) is 2.00. The molecule has 0 aromatic heterocycles. The first-order chi connectivity index (χ1) is 12.6. The van der Waals surface area contributed by atoms with Crippen LogP contribution in [0.5, 0.6) is 5.75 Å². The third-order valence-corrected chi connectivity index (χ3v) is 4.91. The molecule has 2 aromatic carbocycles. The summed E-state index contributed by atoms with van der Waals surface area (Å²) < 4.78 is 65.2. The zero-order chi connectivity index (χ0) is 20.1. The van der Waals surface area contributed by atoms with Gasteiger partial charge in [-0.1, -0.05) is 17.7 Å². The monoisotopic (exact) mass is 529 g/mol. The Labute approximate surface area is 177 Å². The molecule has 0 spiro atoms. The van der Waals surface area contributed by atoms with E-state index in [4.69, 9.17) is 10.5 Å². The standard InChI is InChI=1S/C17H18F3N3O3S.HI/c1-12-2-4-13(5-3-12)23-16(21)22-10-11-26-14-6-8-15(9-7-14)27(24,25)17(18,19)20;/h2-9H,10-11H2,1H3,(H3,21,22,23);1H. The zero-order valence-corrected chi connectivity index (χ0v) is 17.9. The van der Waals surface area contributed by atoms with Crippen LogP contribution in [0.25, 0.3) is 0 Å². The van der Waals surface area contributed by atoms with Crippen molar-refractivity contribution in [3.05, 3.63) is 54.1 Å². The summed E-state index contributed by atoms with van der Waals surface area (Å²) in [5.41, 5.74) is 2.29. The minimum atomic E-state index is -5.36. The lowest BCUT2D eigenvalue weighted by atomic mass is 10.2. The number of alkyl halides is 3. The number of benzene rings is 2. The Morgan fingerprint density at radius 3 is 2.21 bits per heavy atom. The second-order valence-corrected chi connectivity index (χ2v) is 7.47. The van der Waals surface area contributed by atoms with Gasteiger partial charge in [0.15, 0.2) is 5.96 Å². The molecule has 0 saturated carbocycles. The number of nitrogens with two attached hydrogens (primary N) is 1. The molecule has 0 aliphatic carbocycles. The molecule has 0 amide bonds. The number of halogens is 4. The van der Waals surface area contributed by atoms with Gasteiger partial charge in [0, 0.05) is 5.69 Å². The predicted molar refractivity (Wildman–Crippen MR) is 112 cm³/mol. The molecule has 0 aliphatic heterocycles. The van der Waals surface area contributed by atoms with Gasteiger partial charge in [-0.3, -0.25) is 0 Å². The van der Waals surface area contributed by atoms with Crippen molar-refractivity contribution in [2.24, 2.45) is 10.7 Å². The van der Waals surface area contributed by atoms with Crippen molar-refractivity contribution in [1.29, 1.82) is 0 Å². The van der Waals surface area contributed by atoms with Gasteiger partial charge in [-0.25, -0.2) is 13.4 Å². The molecule has 0 unspecified atom stereocenters. The van der Waals surface area contributed by atoms with Crippen LogP contribution in [-0.4, -0.2) is 33.0 Å². The third-order valence-electron chi connectivity index (χ3n) is 3.40. The van der Waals surface area contributed by atoms with E-state index in [-0.39, 0.29) is 48.8 Å². The van der Waals surface area contributed by atoms with E-state index in [9.17, 15) is 21.6 Å². The molecule has 11 heteroatoms. The van der Waals surface area contributed by atoms with E-state index in [1.54, 1.807) is 0 Å². The first kappa shape index (κ1) is 24.0. The highest BCUT2D eigenvalue weighted by Crippen LogP contribution is 2.30. The topological polar surface area (TPSA) is 93.8 Å². The van der Waals surface area contributed by atoms with Crippen molar-refractivity contribution in [2.75, 3.05) is 18.5 Å². The lowest BCUT2D eigenvalue weighted by Gasteiger charge is -2.09. The van der Waals surface area contributed by atoms with Gasteiger partial charge >= 0.3 is 5.51 Å². The lowest BCUT2D eigenvalue weighted by molar-refractivity contribution is -0.0436. The van der Waals surface area contributed by atoms with Crippen LogP contribution in [0.4, 0.5) is 18.9 Å². The Hall–Kier alpha value is -2.02. The Morgan fingerprint density at radius 1 is 1.11 bits per heavy atom. The third kappa shape index (κ3) is 6.55. The molecule has 28 heavy (non-hydrogen) atoms. The highest BCUT2D eigenvalue weighted by molar-refractivity contribution is 14.0. The summed E-state index contributed by atoms with van der Waals surface area (Å²) in [6, 6.07) is 11.5. The molecule has 2 rings (SSSR count). The van der Waals surface area contributed by atoms with Crippen LogP contribution in [0.3, 0.4) is 0 Å². The van der Waals surface area contributed by atoms with Gasteiger partial charge in [0.2, 0.25) is 0 Å². The minimum absolute atomic E-state index is 0. The predicted octanol–water partition coefficient (Wildman–Crippen LogP) is 3.71. The van der Waals surface area contributed by atoms with Gasteiger partial charge < -0.3 is 15.8 Å². The number of anilines is 1. The molecular formula is C17H19F3IN3O3S. The van der Waals surface area contributed by atoms with Crippen molar-refractivity contribution in [3.63, 3.8) is 0 Å². The molecule has 0 heterocycles. The van der Waals surface area contributed by atoms with Crippen LogP contribution in [0.1, 0.15) is 5.56 Å². The maximum atomic E-state index is 12.5. The molecule has 2 aromatic rings. The highest BCUT2D eigenvalue weighted by atomic mass is 127. The molecule has 0 aliphatic rings. The maximum absolute atomic E-state index is 12.5. The Bertz CT molecular complexity index is 900. The van der Waals surface area contributed by atoms with Crippen LogP contribution in [-0.2, 0) is 9.84 Å². The summed E-state index contributed by atoms with van der Waals surface area (Å²) in [7, 11) is -5.36. The summed E-state index contributed by atoms with van der Waals surface area (Å²) in [4.78, 5) is 3.22. The summed E-state index contributed by atoms with van der Waals surface area (Å²) >= 11 is 0.